The van der Waals surface area contributed by atoms with Crippen LogP contribution in [0.4, 0.5) is 11.5 Å². The third kappa shape index (κ3) is 5.70. The van der Waals surface area contributed by atoms with Crippen molar-refractivity contribution in [3.8, 4) is 0 Å². The van der Waals surface area contributed by atoms with Gasteiger partial charge in [0.1, 0.15) is 12.4 Å². The monoisotopic (exact) mass is 394 g/mol. The number of unbranched alkanes of at least 4 members (excludes halogenated alkanes) is 2. The average Bonchev–Trinajstić information content (AvgIpc) is 2.69. The average molecular weight is 395 g/mol. The Morgan fingerprint density at radius 1 is 1.18 bits per heavy atom. The van der Waals surface area contributed by atoms with E-state index in [4.69, 9.17) is 10.5 Å². The summed E-state index contributed by atoms with van der Waals surface area (Å²) in [5.74, 6) is -0.249. The van der Waals surface area contributed by atoms with E-state index < -0.39 is 11.2 Å². The second-order valence-corrected chi connectivity index (χ2v) is 7.47. The van der Waals surface area contributed by atoms with Gasteiger partial charge < -0.3 is 15.4 Å². The number of nitrogen functional groups attached to an aromatic ring is 1. The van der Waals surface area contributed by atoms with Crippen LogP contribution < -0.4 is 21.9 Å². The van der Waals surface area contributed by atoms with Crippen LogP contribution in [0.3, 0.4) is 0 Å². The number of hydrogen-bond acceptors (Lipinski definition) is 5. The highest BCUT2D eigenvalue weighted by Crippen LogP contribution is 2.22. The van der Waals surface area contributed by atoms with Gasteiger partial charge in [0.25, 0.3) is 11.5 Å². The Balaban J connectivity index is 2.26. The second kappa shape index (κ2) is 11.0. The van der Waals surface area contributed by atoms with Gasteiger partial charge in [0.2, 0.25) is 0 Å². The molecule has 1 aromatic rings. The largest absolute Gasteiger partial charge is 0.383 e. The maximum atomic E-state index is 12.9. The van der Waals surface area contributed by atoms with Crippen LogP contribution in [0.15, 0.2) is 9.59 Å². The minimum absolute atomic E-state index is 0.0457. The molecule has 0 spiro atoms. The van der Waals surface area contributed by atoms with Crippen molar-refractivity contribution < 1.29 is 9.53 Å². The molecule has 1 fully saturated rings. The molecule has 1 aliphatic rings. The number of rotatable bonds is 10. The van der Waals surface area contributed by atoms with E-state index in [2.05, 4.69) is 4.98 Å². The van der Waals surface area contributed by atoms with Crippen LogP contribution in [-0.2, 0) is 16.1 Å². The Kier molecular flexibility index (Phi) is 8.76. The summed E-state index contributed by atoms with van der Waals surface area (Å²) < 4.78 is 7.15. The number of carbonyl (C=O) groups is 1. The van der Waals surface area contributed by atoms with E-state index in [1.807, 2.05) is 13.8 Å². The van der Waals surface area contributed by atoms with E-state index in [1.165, 1.54) is 15.9 Å². The van der Waals surface area contributed by atoms with Crippen LogP contribution in [0.1, 0.15) is 71.6 Å². The van der Waals surface area contributed by atoms with E-state index in [0.29, 0.717) is 13.1 Å². The maximum Gasteiger partial charge on any atom is 0.330 e. The Bertz CT molecular complexity index is 750. The second-order valence-electron chi connectivity index (χ2n) is 7.47. The predicted molar refractivity (Wildman–Crippen MR) is 111 cm³/mol. The lowest BCUT2D eigenvalue weighted by molar-refractivity contribution is -0.125. The molecule has 1 amide bonds. The van der Waals surface area contributed by atoms with E-state index in [1.54, 1.807) is 0 Å². The molecule has 1 aliphatic carbocycles. The van der Waals surface area contributed by atoms with Crippen molar-refractivity contribution in [1.29, 1.82) is 0 Å². The van der Waals surface area contributed by atoms with Crippen molar-refractivity contribution in [2.45, 2.75) is 84.3 Å². The van der Waals surface area contributed by atoms with Crippen molar-refractivity contribution in [2.75, 3.05) is 23.8 Å². The fraction of sp³-hybridized carbons (Fsp3) is 0.750. The standard InChI is InChI=1S/C20H34N4O4/c1-3-5-12-23(16(25)14-28-15-10-8-7-9-11-15)17-18(21)24(13-6-4-2)20(27)22-19(17)26/h15H,3-14,21H2,1-2H3,(H,22,26,27). The Labute approximate surface area is 166 Å². The molecule has 8 nitrogen and oxygen atoms in total. The van der Waals surface area contributed by atoms with Gasteiger partial charge in [-0.2, -0.15) is 0 Å². The number of carbonyl (C=O) groups excluding carboxylic acids is 1. The molecule has 1 aromatic heterocycles. The molecule has 0 unspecified atom stereocenters. The lowest BCUT2D eigenvalue weighted by Crippen LogP contribution is -2.43. The number of nitrogens with two attached hydrogens (primary N) is 1. The summed E-state index contributed by atoms with van der Waals surface area (Å²) in [5, 5.41) is 0. The fourth-order valence-electron chi connectivity index (χ4n) is 3.55. The molecule has 1 heterocycles. The number of hydrogen-bond donors (Lipinski definition) is 2. The first-order valence-corrected chi connectivity index (χ1v) is 10.5. The van der Waals surface area contributed by atoms with Crippen molar-refractivity contribution in [3.05, 3.63) is 20.8 Å². The summed E-state index contributed by atoms with van der Waals surface area (Å²) in [6.45, 7) is 4.70. The summed E-state index contributed by atoms with van der Waals surface area (Å²) in [6, 6.07) is 0. The van der Waals surface area contributed by atoms with E-state index in [-0.39, 0.29) is 30.1 Å². The van der Waals surface area contributed by atoms with E-state index in [0.717, 1.165) is 51.4 Å². The smallest absolute Gasteiger partial charge is 0.330 e. The van der Waals surface area contributed by atoms with Gasteiger partial charge >= 0.3 is 5.69 Å². The van der Waals surface area contributed by atoms with Crippen molar-refractivity contribution >= 4 is 17.4 Å². The molecule has 0 aromatic carbocycles. The molecule has 1 saturated carbocycles. The van der Waals surface area contributed by atoms with Crippen molar-refractivity contribution in [2.24, 2.45) is 0 Å². The van der Waals surface area contributed by atoms with Crippen molar-refractivity contribution in [3.63, 3.8) is 0 Å². The summed E-state index contributed by atoms with van der Waals surface area (Å²) >= 11 is 0. The number of aromatic nitrogens is 2. The van der Waals surface area contributed by atoms with E-state index in [9.17, 15) is 14.4 Å². The highest BCUT2D eigenvalue weighted by molar-refractivity contribution is 5.96. The number of aromatic amines is 1. The highest BCUT2D eigenvalue weighted by Gasteiger charge is 2.25. The minimum atomic E-state index is -0.627. The minimum Gasteiger partial charge on any atom is -0.383 e. The number of ether oxygens (including phenoxy) is 1. The van der Waals surface area contributed by atoms with E-state index >= 15 is 0 Å². The van der Waals surface area contributed by atoms with Crippen LogP contribution in [0.2, 0.25) is 0 Å². The summed E-state index contributed by atoms with van der Waals surface area (Å²) in [5.41, 5.74) is 5.07. The normalized spacial score (nSPS) is 14.9. The summed E-state index contributed by atoms with van der Waals surface area (Å²) in [6.07, 6.45) is 8.70. The molecule has 0 saturated heterocycles. The van der Waals surface area contributed by atoms with Crippen LogP contribution in [0, 0.1) is 0 Å². The van der Waals surface area contributed by atoms with Gasteiger partial charge in [0.15, 0.2) is 5.69 Å². The molecule has 2 rings (SSSR count). The molecule has 0 aliphatic heterocycles. The zero-order valence-corrected chi connectivity index (χ0v) is 17.2. The molecular weight excluding hydrogens is 360 g/mol. The number of amides is 1. The molecular formula is C20H34N4O4. The lowest BCUT2D eigenvalue weighted by atomic mass is 9.98. The van der Waals surface area contributed by atoms with Crippen LogP contribution in [-0.4, -0.2) is 34.7 Å². The zero-order chi connectivity index (χ0) is 20.5. The maximum absolute atomic E-state index is 12.9. The lowest BCUT2D eigenvalue weighted by Gasteiger charge is -2.26. The number of H-pyrrole nitrogens is 1. The fourth-order valence-corrected chi connectivity index (χ4v) is 3.55. The third-order valence-corrected chi connectivity index (χ3v) is 5.25. The Morgan fingerprint density at radius 2 is 1.86 bits per heavy atom. The molecule has 0 bridgehead atoms. The number of anilines is 2. The molecule has 3 N–H and O–H groups in total. The first-order chi connectivity index (χ1) is 13.5. The van der Waals surface area contributed by atoms with Crippen LogP contribution in [0.5, 0.6) is 0 Å². The quantitative estimate of drug-likeness (QED) is 0.633. The van der Waals surface area contributed by atoms with Crippen LogP contribution in [0.25, 0.3) is 0 Å². The van der Waals surface area contributed by atoms with Gasteiger partial charge in [-0.3, -0.25) is 19.1 Å². The molecule has 158 valence electrons. The van der Waals surface area contributed by atoms with Crippen molar-refractivity contribution in [1.82, 2.24) is 9.55 Å². The number of nitrogens with one attached hydrogen (secondary N) is 1. The number of nitrogens with zero attached hydrogens (tertiary/aromatic N) is 2. The zero-order valence-electron chi connectivity index (χ0n) is 17.2. The topological polar surface area (TPSA) is 110 Å². The van der Waals surface area contributed by atoms with Gasteiger partial charge in [0, 0.05) is 13.1 Å². The van der Waals surface area contributed by atoms with Crippen LogP contribution >= 0.6 is 0 Å². The first kappa shape index (κ1) is 22.2. The molecule has 0 radical (unpaired) electrons. The first-order valence-electron chi connectivity index (χ1n) is 10.5. The Morgan fingerprint density at radius 3 is 2.50 bits per heavy atom. The molecule has 8 heteroatoms. The highest BCUT2D eigenvalue weighted by atomic mass is 16.5. The molecule has 0 atom stereocenters. The SMILES string of the molecule is CCCCN(C(=O)COC1CCCCC1)c1c(N)n(CCCC)c(=O)[nH]c1=O. The van der Waals surface area contributed by atoms with Gasteiger partial charge in [0.05, 0.1) is 6.10 Å². The van der Waals surface area contributed by atoms with Gasteiger partial charge in [-0.25, -0.2) is 4.79 Å². The predicted octanol–water partition coefficient (Wildman–Crippen LogP) is 2.40. The molecule has 28 heavy (non-hydrogen) atoms. The van der Waals surface area contributed by atoms with Gasteiger partial charge in [-0.15, -0.1) is 0 Å². The Hall–Kier alpha value is -2.09. The van der Waals surface area contributed by atoms with Gasteiger partial charge in [-0.1, -0.05) is 46.0 Å². The van der Waals surface area contributed by atoms with Gasteiger partial charge in [-0.05, 0) is 25.7 Å². The third-order valence-electron chi connectivity index (χ3n) is 5.25. The summed E-state index contributed by atoms with van der Waals surface area (Å²) in [4.78, 5) is 41.3. The summed E-state index contributed by atoms with van der Waals surface area (Å²) in [7, 11) is 0.